The molecule has 0 radical (unpaired) electrons. The smallest absolute Gasteiger partial charge is 0.215 e. The van der Waals surface area contributed by atoms with E-state index in [1.807, 2.05) is 18.4 Å². The Labute approximate surface area is 102 Å². The van der Waals surface area contributed by atoms with Gasteiger partial charge in [0, 0.05) is 37.6 Å². The summed E-state index contributed by atoms with van der Waals surface area (Å²) in [6, 6.07) is 1.77. The molecule has 0 N–H and O–H groups in total. The molecule has 5 nitrogen and oxygen atoms in total. The molecule has 0 saturated heterocycles. The first-order chi connectivity index (χ1) is 7.79. The van der Waals surface area contributed by atoms with Crippen LogP contribution in [0.2, 0.25) is 0 Å². The SMILES string of the molecule is Cc1cc(C=O)c(C)n1CCS(=O)(=O)N(C)C. The number of aldehydes is 1. The normalized spacial score (nSPS) is 12.1. The lowest BCUT2D eigenvalue weighted by molar-refractivity contribution is 0.112. The first-order valence-corrected chi connectivity index (χ1v) is 6.92. The van der Waals surface area contributed by atoms with Crippen molar-refractivity contribution in [2.75, 3.05) is 19.8 Å². The van der Waals surface area contributed by atoms with E-state index >= 15 is 0 Å². The summed E-state index contributed by atoms with van der Waals surface area (Å²) >= 11 is 0. The van der Waals surface area contributed by atoms with Crippen LogP contribution in [0.3, 0.4) is 0 Å². The molecule has 1 aromatic heterocycles. The summed E-state index contributed by atoms with van der Waals surface area (Å²) in [5, 5.41) is 0. The molecule has 17 heavy (non-hydrogen) atoms. The van der Waals surface area contributed by atoms with Crippen LogP contribution in [-0.2, 0) is 16.6 Å². The van der Waals surface area contributed by atoms with Gasteiger partial charge in [-0.1, -0.05) is 0 Å². The Kier molecular flexibility index (Phi) is 4.11. The molecule has 0 fully saturated rings. The van der Waals surface area contributed by atoms with Gasteiger partial charge in [-0.25, -0.2) is 12.7 Å². The highest BCUT2D eigenvalue weighted by atomic mass is 32.2. The monoisotopic (exact) mass is 258 g/mol. The Bertz CT molecular complexity index is 515. The minimum Gasteiger partial charge on any atom is -0.347 e. The van der Waals surface area contributed by atoms with Crippen molar-refractivity contribution in [1.29, 1.82) is 0 Å². The molecule has 0 saturated carbocycles. The van der Waals surface area contributed by atoms with Gasteiger partial charge < -0.3 is 4.57 Å². The van der Waals surface area contributed by atoms with Crippen LogP contribution >= 0.6 is 0 Å². The summed E-state index contributed by atoms with van der Waals surface area (Å²) in [5.74, 6) is 0.0364. The summed E-state index contributed by atoms with van der Waals surface area (Å²) in [5.41, 5.74) is 2.33. The van der Waals surface area contributed by atoms with Crippen LogP contribution in [0.5, 0.6) is 0 Å². The standard InChI is InChI=1S/C11H18N2O3S/c1-9-7-11(8-14)10(2)13(9)5-6-17(15,16)12(3)4/h7-8H,5-6H2,1-4H3. The van der Waals surface area contributed by atoms with Gasteiger partial charge in [0.2, 0.25) is 10.0 Å². The average molecular weight is 258 g/mol. The van der Waals surface area contributed by atoms with E-state index in [2.05, 4.69) is 0 Å². The van der Waals surface area contributed by atoms with Crippen LogP contribution in [0.25, 0.3) is 0 Å². The third kappa shape index (κ3) is 2.95. The molecular formula is C11H18N2O3S. The minimum atomic E-state index is -3.20. The highest BCUT2D eigenvalue weighted by Crippen LogP contribution is 2.13. The zero-order chi connectivity index (χ0) is 13.2. The van der Waals surface area contributed by atoms with Crippen molar-refractivity contribution in [3.8, 4) is 0 Å². The van der Waals surface area contributed by atoms with Crippen molar-refractivity contribution < 1.29 is 13.2 Å². The molecule has 0 aliphatic rings. The fourth-order valence-electron chi connectivity index (χ4n) is 1.68. The molecule has 1 heterocycles. The number of sulfonamides is 1. The van der Waals surface area contributed by atoms with Crippen molar-refractivity contribution in [2.24, 2.45) is 0 Å². The van der Waals surface area contributed by atoms with Gasteiger partial charge in [-0.3, -0.25) is 4.79 Å². The molecule has 0 unspecified atom stereocenters. The van der Waals surface area contributed by atoms with Crippen LogP contribution in [0, 0.1) is 13.8 Å². The number of aromatic nitrogens is 1. The second-order valence-electron chi connectivity index (χ2n) is 4.19. The Balaban J connectivity index is 2.91. The van der Waals surface area contributed by atoms with Gasteiger partial charge in [0.1, 0.15) is 0 Å². The Morgan fingerprint density at radius 3 is 2.35 bits per heavy atom. The zero-order valence-corrected chi connectivity index (χ0v) is 11.4. The van der Waals surface area contributed by atoms with Gasteiger partial charge in [0.15, 0.2) is 6.29 Å². The van der Waals surface area contributed by atoms with E-state index in [1.165, 1.54) is 18.4 Å². The van der Waals surface area contributed by atoms with Gasteiger partial charge in [-0.15, -0.1) is 0 Å². The third-order valence-electron chi connectivity index (χ3n) is 2.87. The van der Waals surface area contributed by atoms with Crippen molar-refractivity contribution in [3.63, 3.8) is 0 Å². The van der Waals surface area contributed by atoms with Gasteiger partial charge in [0.05, 0.1) is 5.75 Å². The van der Waals surface area contributed by atoms with E-state index in [1.54, 1.807) is 6.07 Å². The molecule has 0 atom stereocenters. The van der Waals surface area contributed by atoms with Crippen LogP contribution in [0.1, 0.15) is 21.7 Å². The molecule has 0 bridgehead atoms. The minimum absolute atomic E-state index is 0.0364. The lowest BCUT2D eigenvalue weighted by Crippen LogP contribution is -2.27. The van der Waals surface area contributed by atoms with Crippen LogP contribution in [-0.4, -0.2) is 43.4 Å². The fourth-order valence-corrected chi connectivity index (χ4v) is 2.46. The van der Waals surface area contributed by atoms with E-state index in [-0.39, 0.29) is 5.75 Å². The summed E-state index contributed by atoms with van der Waals surface area (Å²) < 4.78 is 26.4. The second kappa shape index (κ2) is 5.01. The molecule has 6 heteroatoms. The van der Waals surface area contributed by atoms with E-state index in [0.717, 1.165) is 17.7 Å². The Hall–Kier alpha value is -1.14. The Morgan fingerprint density at radius 2 is 1.94 bits per heavy atom. The lowest BCUT2D eigenvalue weighted by Gasteiger charge is -2.13. The van der Waals surface area contributed by atoms with Gasteiger partial charge in [0.25, 0.3) is 0 Å². The predicted molar refractivity (Wildman–Crippen MR) is 66.8 cm³/mol. The van der Waals surface area contributed by atoms with Crippen LogP contribution < -0.4 is 0 Å². The van der Waals surface area contributed by atoms with Gasteiger partial charge in [-0.05, 0) is 19.9 Å². The van der Waals surface area contributed by atoms with Crippen LogP contribution in [0.4, 0.5) is 0 Å². The van der Waals surface area contributed by atoms with Crippen molar-refractivity contribution in [2.45, 2.75) is 20.4 Å². The van der Waals surface area contributed by atoms with Crippen LogP contribution in [0.15, 0.2) is 6.07 Å². The molecule has 1 aromatic rings. The summed E-state index contributed by atoms with van der Waals surface area (Å²) in [4.78, 5) is 10.8. The Morgan fingerprint density at radius 1 is 1.35 bits per heavy atom. The number of hydrogen-bond donors (Lipinski definition) is 0. The molecule has 0 aliphatic carbocycles. The van der Waals surface area contributed by atoms with Gasteiger partial charge in [-0.2, -0.15) is 0 Å². The third-order valence-corrected chi connectivity index (χ3v) is 4.68. The van der Waals surface area contributed by atoms with Crippen molar-refractivity contribution in [3.05, 3.63) is 23.0 Å². The number of hydrogen-bond acceptors (Lipinski definition) is 3. The molecule has 0 amide bonds. The van der Waals surface area contributed by atoms with Gasteiger partial charge >= 0.3 is 0 Å². The molecular weight excluding hydrogens is 240 g/mol. The largest absolute Gasteiger partial charge is 0.347 e. The summed E-state index contributed by atoms with van der Waals surface area (Å²) in [7, 11) is -0.172. The number of carbonyl (C=O) groups is 1. The maximum atomic E-state index is 11.6. The summed E-state index contributed by atoms with van der Waals surface area (Å²) in [6.07, 6.45) is 0.791. The number of aryl methyl sites for hydroxylation is 1. The van der Waals surface area contributed by atoms with Crippen molar-refractivity contribution in [1.82, 2.24) is 8.87 Å². The highest BCUT2D eigenvalue weighted by molar-refractivity contribution is 7.89. The zero-order valence-electron chi connectivity index (χ0n) is 10.6. The van der Waals surface area contributed by atoms with E-state index < -0.39 is 10.0 Å². The maximum Gasteiger partial charge on any atom is 0.215 e. The quantitative estimate of drug-likeness (QED) is 0.734. The van der Waals surface area contributed by atoms with E-state index in [4.69, 9.17) is 0 Å². The highest BCUT2D eigenvalue weighted by Gasteiger charge is 2.15. The molecule has 0 spiro atoms. The fraction of sp³-hybridized carbons (Fsp3) is 0.545. The number of rotatable bonds is 5. The predicted octanol–water partition coefficient (Wildman–Crippen LogP) is 0.809. The first-order valence-electron chi connectivity index (χ1n) is 5.31. The number of carbonyl (C=O) groups excluding carboxylic acids is 1. The van der Waals surface area contributed by atoms with E-state index in [0.29, 0.717) is 12.1 Å². The molecule has 96 valence electrons. The van der Waals surface area contributed by atoms with E-state index in [9.17, 15) is 13.2 Å². The molecule has 0 aliphatic heterocycles. The number of nitrogens with zero attached hydrogens (tertiary/aromatic N) is 2. The second-order valence-corrected chi connectivity index (χ2v) is 6.50. The topological polar surface area (TPSA) is 59.4 Å². The first kappa shape index (κ1) is 13.9. The lowest BCUT2D eigenvalue weighted by atomic mass is 10.3. The maximum absolute atomic E-state index is 11.6. The molecule has 0 aromatic carbocycles. The molecule has 1 rings (SSSR count). The van der Waals surface area contributed by atoms with Crippen molar-refractivity contribution >= 4 is 16.3 Å². The average Bonchev–Trinajstić information content (AvgIpc) is 2.51. The summed E-state index contributed by atoms with van der Waals surface area (Å²) in [6.45, 7) is 4.05.